The van der Waals surface area contributed by atoms with Gasteiger partial charge >= 0.3 is 0 Å². The van der Waals surface area contributed by atoms with Gasteiger partial charge in [0.15, 0.2) is 0 Å². The Hall–Kier alpha value is -1.19. The monoisotopic (exact) mass is 260 g/mol. The first-order valence-corrected chi connectivity index (χ1v) is 7.33. The second-order valence-electron chi connectivity index (χ2n) is 4.55. The lowest BCUT2D eigenvalue weighted by Gasteiger charge is -2.17. The Labute approximate surface area is 113 Å². The zero-order chi connectivity index (χ0) is 12.8. The number of likely N-dealkylation sites (N-methyl/N-ethyl adjacent to an activating group) is 1. The molecule has 0 amide bonds. The first-order chi connectivity index (χ1) is 8.79. The van der Waals surface area contributed by atoms with Gasteiger partial charge in [-0.25, -0.2) is 4.98 Å². The molecule has 0 aliphatic rings. The minimum atomic E-state index is 0.511. The van der Waals surface area contributed by atoms with Crippen molar-refractivity contribution in [3.8, 4) is 0 Å². The van der Waals surface area contributed by atoms with E-state index in [0.717, 1.165) is 19.5 Å². The number of aryl methyl sites for hydroxylation is 1. The molecule has 3 heteroatoms. The van der Waals surface area contributed by atoms with Gasteiger partial charge in [-0.15, -0.1) is 11.3 Å². The molecule has 1 atom stereocenters. The molecule has 2 aromatic rings. The number of aromatic nitrogens is 1. The van der Waals surface area contributed by atoms with E-state index >= 15 is 0 Å². The fraction of sp³-hybridized carbons (Fsp3) is 0.400. The lowest BCUT2D eigenvalue weighted by atomic mass is 9.95. The maximum absolute atomic E-state index is 4.40. The summed E-state index contributed by atoms with van der Waals surface area (Å²) < 4.78 is 0. The van der Waals surface area contributed by atoms with Crippen LogP contribution in [-0.4, -0.2) is 18.1 Å². The third-order valence-electron chi connectivity index (χ3n) is 3.09. The molecule has 96 valence electrons. The highest BCUT2D eigenvalue weighted by molar-refractivity contribution is 7.09. The van der Waals surface area contributed by atoms with E-state index in [2.05, 4.69) is 53.8 Å². The van der Waals surface area contributed by atoms with Crippen LogP contribution in [0.4, 0.5) is 0 Å². The normalized spacial score (nSPS) is 12.6. The molecule has 1 aromatic carbocycles. The van der Waals surface area contributed by atoms with Crippen LogP contribution in [0.1, 0.15) is 29.0 Å². The van der Waals surface area contributed by atoms with Gasteiger partial charge in [-0.2, -0.15) is 0 Å². The van der Waals surface area contributed by atoms with E-state index in [1.165, 1.54) is 16.1 Å². The summed E-state index contributed by atoms with van der Waals surface area (Å²) >= 11 is 1.74. The van der Waals surface area contributed by atoms with Crippen molar-refractivity contribution in [1.82, 2.24) is 10.3 Å². The van der Waals surface area contributed by atoms with E-state index in [-0.39, 0.29) is 0 Å². The molecule has 0 aliphatic heterocycles. The second kappa shape index (κ2) is 6.66. The molecule has 0 aliphatic carbocycles. The molecule has 18 heavy (non-hydrogen) atoms. The van der Waals surface area contributed by atoms with Gasteiger partial charge in [0.1, 0.15) is 0 Å². The van der Waals surface area contributed by atoms with Gasteiger partial charge in [0.05, 0.1) is 5.01 Å². The standard InChI is InChI=1S/C15H20N2S/c1-3-16-11-14(10-15-17-8-9-18-15)13-6-4-12(2)5-7-13/h4-9,14,16H,3,10-11H2,1-2H3. The summed E-state index contributed by atoms with van der Waals surface area (Å²) in [4.78, 5) is 4.40. The van der Waals surface area contributed by atoms with Crippen LogP contribution in [0, 0.1) is 6.92 Å². The second-order valence-corrected chi connectivity index (χ2v) is 5.52. The van der Waals surface area contributed by atoms with E-state index in [1.54, 1.807) is 11.3 Å². The molecule has 0 saturated carbocycles. The SMILES string of the molecule is CCNCC(Cc1nccs1)c1ccc(C)cc1. The molecule has 1 aromatic heterocycles. The highest BCUT2D eigenvalue weighted by Gasteiger charge is 2.13. The van der Waals surface area contributed by atoms with E-state index in [0.29, 0.717) is 5.92 Å². The summed E-state index contributed by atoms with van der Waals surface area (Å²) in [5.74, 6) is 0.511. The fourth-order valence-corrected chi connectivity index (χ4v) is 2.73. The zero-order valence-electron chi connectivity index (χ0n) is 11.0. The Bertz CT molecular complexity index is 448. The fourth-order valence-electron chi connectivity index (χ4n) is 2.03. The highest BCUT2D eigenvalue weighted by Crippen LogP contribution is 2.22. The smallest absolute Gasteiger partial charge is 0.0931 e. The molecule has 1 N–H and O–H groups in total. The zero-order valence-corrected chi connectivity index (χ0v) is 11.8. The predicted molar refractivity (Wildman–Crippen MR) is 78.3 cm³/mol. The molecule has 0 saturated heterocycles. The van der Waals surface area contributed by atoms with Crippen LogP contribution in [0.5, 0.6) is 0 Å². The van der Waals surface area contributed by atoms with Crippen LogP contribution < -0.4 is 5.32 Å². The number of thiazole rings is 1. The summed E-state index contributed by atoms with van der Waals surface area (Å²) in [6, 6.07) is 8.86. The quantitative estimate of drug-likeness (QED) is 0.861. The molecule has 1 unspecified atom stereocenters. The van der Waals surface area contributed by atoms with E-state index < -0.39 is 0 Å². The van der Waals surface area contributed by atoms with Crippen molar-refractivity contribution in [1.29, 1.82) is 0 Å². The van der Waals surface area contributed by atoms with Crippen LogP contribution in [0.25, 0.3) is 0 Å². The number of nitrogens with zero attached hydrogens (tertiary/aromatic N) is 1. The summed E-state index contributed by atoms with van der Waals surface area (Å²) in [6.45, 7) is 6.30. The van der Waals surface area contributed by atoms with Crippen LogP contribution >= 0.6 is 11.3 Å². The minimum absolute atomic E-state index is 0.511. The molecule has 2 rings (SSSR count). The van der Waals surface area contributed by atoms with Crippen molar-refractivity contribution in [2.75, 3.05) is 13.1 Å². The number of nitrogens with one attached hydrogen (secondary N) is 1. The van der Waals surface area contributed by atoms with Crippen molar-refractivity contribution in [2.24, 2.45) is 0 Å². The van der Waals surface area contributed by atoms with Gasteiger partial charge in [0.2, 0.25) is 0 Å². The Kier molecular flexibility index (Phi) is 4.90. The molecule has 0 spiro atoms. The van der Waals surface area contributed by atoms with Gasteiger partial charge < -0.3 is 5.32 Å². The third-order valence-corrected chi connectivity index (χ3v) is 3.90. The summed E-state index contributed by atoms with van der Waals surface area (Å²) in [5.41, 5.74) is 2.71. The largest absolute Gasteiger partial charge is 0.316 e. The minimum Gasteiger partial charge on any atom is -0.316 e. The van der Waals surface area contributed by atoms with Crippen LogP contribution in [-0.2, 0) is 6.42 Å². The summed E-state index contributed by atoms with van der Waals surface area (Å²) in [7, 11) is 0. The van der Waals surface area contributed by atoms with Gasteiger partial charge in [-0.3, -0.25) is 0 Å². The number of hydrogen-bond acceptors (Lipinski definition) is 3. The predicted octanol–water partition coefficient (Wildman–Crippen LogP) is 3.39. The van der Waals surface area contributed by atoms with E-state index in [9.17, 15) is 0 Å². The Balaban J connectivity index is 2.11. The Morgan fingerprint density at radius 1 is 1.28 bits per heavy atom. The van der Waals surface area contributed by atoms with Crippen molar-refractivity contribution < 1.29 is 0 Å². The van der Waals surface area contributed by atoms with Gasteiger partial charge in [0, 0.05) is 30.5 Å². The maximum Gasteiger partial charge on any atom is 0.0931 e. The van der Waals surface area contributed by atoms with Crippen molar-refractivity contribution >= 4 is 11.3 Å². The third kappa shape index (κ3) is 3.65. The van der Waals surface area contributed by atoms with E-state index in [1.807, 2.05) is 6.20 Å². The first kappa shape index (κ1) is 13.2. The van der Waals surface area contributed by atoms with Gasteiger partial charge in [-0.1, -0.05) is 36.8 Å². The van der Waals surface area contributed by atoms with Crippen LogP contribution in [0.15, 0.2) is 35.8 Å². The van der Waals surface area contributed by atoms with Gasteiger partial charge in [0.25, 0.3) is 0 Å². The molecule has 0 radical (unpaired) electrons. The van der Waals surface area contributed by atoms with Crippen molar-refractivity contribution in [3.63, 3.8) is 0 Å². The molecular formula is C15H20N2S. The number of benzene rings is 1. The first-order valence-electron chi connectivity index (χ1n) is 6.45. The molecule has 0 fully saturated rings. The molecular weight excluding hydrogens is 240 g/mol. The Morgan fingerprint density at radius 2 is 2.06 bits per heavy atom. The number of hydrogen-bond donors (Lipinski definition) is 1. The van der Waals surface area contributed by atoms with Crippen LogP contribution in [0.2, 0.25) is 0 Å². The van der Waals surface area contributed by atoms with E-state index in [4.69, 9.17) is 0 Å². The number of rotatable bonds is 6. The van der Waals surface area contributed by atoms with Crippen molar-refractivity contribution in [3.05, 3.63) is 52.0 Å². The summed E-state index contributed by atoms with van der Waals surface area (Å²) in [5, 5.41) is 6.72. The molecule has 0 bridgehead atoms. The average Bonchev–Trinajstić information content (AvgIpc) is 2.88. The maximum atomic E-state index is 4.40. The lowest BCUT2D eigenvalue weighted by Crippen LogP contribution is -2.22. The van der Waals surface area contributed by atoms with Crippen LogP contribution in [0.3, 0.4) is 0 Å². The average molecular weight is 260 g/mol. The highest BCUT2D eigenvalue weighted by atomic mass is 32.1. The molecule has 1 heterocycles. The topological polar surface area (TPSA) is 24.9 Å². The Morgan fingerprint density at radius 3 is 2.67 bits per heavy atom. The van der Waals surface area contributed by atoms with Gasteiger partial charge in [-0.05, 0) is 19.0 Å². The lowest BCUT2D eigenvalue weighted by molar-refractivity contribution is 0.593. The van der Waals surface area contributed by atoms with Crippen molar-refractivity contribution in [2.45, 2.75) is 26.2 Å². The molecule has 2 nitrogen and oxygen atoms in total. The summed E-state index contributed by atoms with van der Waals surface area (Å²) in [6.07, 6.45) is 2.91.